The van der Waals surface area contributed by atoms with Crippen molar-refractivity contribution in [2.75, 3.05) is 32.8 Å². The molecular formula is C25H32BrNO2. The fraction of sp³-hybridized carbons (Fsp3) is 0.520. The molecule has 29 heavy (non-hydrogen) atoms. The highest BCUT2D eigenvalue weighted by atomic mass is 79.9. The predicted molar refractivity (Wildman–Crippen MR) is 121 cm³/mol. The van der Waals surface area contributed by atoms with E-state index in [9.17, 15) is 5.11 Å². The molecule has 4 heteroatoms. The molecule has 0 bridgehead atoms. The molecule has 1 saturated heterocycles. The van der Waals surface area contributed by atoms with Crippen LogP contribution in [0.3, 0.4) is 0 Å². The van der Waals surface area contributed by atoms with Gasteiger partial charge in [0.25, 0.3) is 0 Å². The van der Waals surface area contributed by atoms with E-state index < -0.39 is 5.60 Å². The first-order chi connectivity index (χ1) is 14.2. The van der Waals surface area contributed by atoms with Crippen LogP contribution in [0.1, 0.15) is 49.1 Å². The van der Waals surface area contributed by atoms with E-state index in [1.807, 2.05) is 0 Å². The van der Waals surface area contributed by atoms with Crippen molar-refractivity contribution in [3.63, 3.8) is 0 Å². The average molecular weight is 458 g/mol. The molecule has 1 aliphatic heterocycles. The fourth-order valence-electron chi connectivity index (χ4n) is 5.21. The summed E-state index contributed by atoms with van der Waals surface area (Å²) in [5.74, 6) is 0.315. The Morgan fingerprint density at radius 1 is 0.966 bits per heavy atom. The Morgan fingerprint density at radius 3 is 2.28 bits per heavy atom. The zero-order chi connectivity index (χ0) is 20.1. The Labute approximate surface area is 183 Å². The highest BCUT2D eigenvalue weighted by molar-refractivity contribution is 9.10. The second-order valence-corrected chi connectivity index (χ2v) is 9.46. The Morgan fingerprint density at radius 2 is 1.62 bits per heavy atom. The largest absolute Gasteiger partial charge is 0.384 e. The van der Waals surface area contributed by atoms with E-state index in [2.05, 4.69) is 75.4 Å². The lowest BCUT2D eigenvalue weighted by Gasteiger charge is -2.46. The lowest BCUT2D eigenvalue weighted by Crippen LogP contribution is -2.48. The van der Waals surface area contributed by atoms with Crippen LogP contribution in [0.15, 0.2) is 59.1 Å². The van der Waals surface area contributed by atoms with Gasteiger partial charge in [0.15, 0.2) is 0 Å². The quantitative estimate of drug-likeness (QED) is 0.635. The van der Waals surface area contributed by atoms with Crippen molar-refractivity contribution in [1.29, 1.82) is 0 Å². The van der Waals surface area contributed by atoms with Gasteiger partial charge in [-0.3, -0.25) is 4.90 Å². The molecule has 1 saturated carbocycles. The fourth-order valence-corrected chi connectivity index (χ4v) is 5.47. The van der Waals surface area contributed by atoms with Gasteiger partial charge < -0.3 is 9.84 Å². The zero-order valence-corrected chi connectivity index (χ0v) is 18.7. The topological polar surface area (TPSA) is 32.7 Å². The van der Waals surface area contributed by atoms with Crippen molar-refractivity contribution < 1.29 is 9.84 Å². The van der Waals surface area contributed by atoms with E-state index in [0.29, 0.717) is 0 Å². The molecule has 156 valence electrons. The van der Waals surface area contributed by atoms with Crippen LogP contribution in [0.25, 0.3) is 0 Å². The van der Waals surface area contributed by atoms with Gasteiger partial charge in [-0.15, -0.1) is 0 Å². The monoisotopic (exact) mass is 457 g/mol. The molecule has 2 atom stereocenters. The standard InChI is InChI=1S/C25H32BrNO2/c26-23-13-11-22(12-14-23)25(28,21-9-5-2-6-10-21)24(20-7-3-1-4-8-20)19-27-15-17-29-18-16-27/h1,3-4,7-8,11-14,21,24,28H,2,5-6,9-10,15-19H2/t24-,25-/m1/s1. The summed E-state index contributed by atoms with van der Waals surface area (Å²) in [6.07, 6.45) is 5.90. The maximum atomic E-state index is 12.6. The highest BCUT2D eigenvalue weighted by Gasteiger charge is 2.46. The van der Waals surface area contributed by atoms with Crippen LogP contribution in [-0.2, 0) is 10.3 Å². The third-order valence-corrected chi connectivity index (χ3v) is 7.34. The zero-order valence-electron chi connectivity index (χ0n) is 17.1. The summed E-state index contributed by atoms with van der Waals surface area (Å²) in [5.41, 5.74) is 1.41. The van der Waals surface area contributed by atoms with E-state index in [0.717, 1.165) is 55.7 Å². The maximum Gasteiger partial charge on any atom is 0.100 e. The molecule has 0 aromatic heterocycles. The van der Waals surface area contributed by atoms with Crippen LogP contribution in [-0.4, -0.2) is 42.9 Å². The molecule has 1 heterocycles. The van der Waals surface area contributed by atoms with Crippen molar-refractivity contribution in [2.45, 2.75) is 43.6 Å². The van der Waals surface area contributed by atoms with Crippen molar-refractivity contribution >= 4 is 15.9 Å². The highest BCUT2D eigenvalue weighted by Crippen LogP contribution is 2.48. The second-order valence-electron chi connectivity index (χ2n) is 8.54. The van der Waals surface area contributed by atoms with Gasteiger partial charge in [-0.05, 0) is 42.0 Å². The van der Waals surface area contributed by atoms with Gasteiger partial charge in [-0.1, -0.05) is 77.7 Å². The SMILES string of the molecule is O[C@@](c1ccc(Br)cc1)(C1CCCCC1)[C@H](CN1CCOCC1)c1ccccc1. The summed E-state index contributed by atoms with van der Waals surface area (Å²) in [7, 11) is 0. The molecule has 3 nitrogen and oxygen atoms in total. The van der Waals surface area contributed by atoms with Gasteiger partial charge in [0.05, 0.1) is 13.2 Å². The molecule has 1 N–H and O–H groups in total. The Hall–Kier alpha value is -1.20. The number of hydrogen-bond donors (Lipinski definition) is 1. The molecule has 0 radical (unpaired) electrons. The molecule has 1 aliphatic carbocycles. The van der Waals surface area contributed by atoms with Gasteiger partial charge in [0, 0.05) is 30.0 Å². The van der Waals surface area contributed by atoms with E-state index in [-0.39, 0.29) is 11.8 Å². The molecule has 4 rings (SSSR count). The molecule has 0 unspecified atom stereocenters. The molecule has 2 aliphatic rings. The minimum Gasteiger partial charge on any atom is -0.384 e. The number of rotatable bonds is 6. The maximum absolute atomic E-state index is 12.6. The number of halogens is 1. The van der Waals surface area contributed by atoms with Gasteiger partial charge >= 0.3 is 0 Å². The summed E-state index contributed by atoms with van der Waals surface area (Å²) in [6, 6.07) is 19.0. The van der Waals surface area contributed by atoms with E-state index in [1.165, 1.54) is 24.8 Å². The molecular weight excluding hydrogens is 426 g/mol. The minimum atomic E-state index is -0.874. The number of aliphatic hydroxyl groups is 1. The number of nitrogens with zero attached hydrogens (tertiary/aromatic N) is 1. The smallest absolute Gasteiger partial charge is 0.100 e. The van der Waals surface area contributed by atoms with Crippen molar-refractivity contribution in [3.8, 4) is 0 Å². The van der Waals surface area contributed by atoms with E-state index in [1.54, 1.807) is 0 Å². The third-order valence-electron chi connectivity index (χ3n) is 6.81. The van der Waals surface area contributed by atoms with Crippen LogP contribution in [0.4, 0.5) is 0 Å². The number of benzene rings is 2. The first-order valence-corrected chi connectivity index (χ1v) is 11.8. The summed E-state index contributed by atoms with van der Waals surface area (Å²) in [5, 5.41) is 12.6. The number of ether oxygens (including phenoxy) is 1. The predicted octanol–water partition coefficient (Wildman–Crippen LogP) is 5.33. The summed E-state index contributed by atoms with van der Waals surface area (Å²) >= 11 is 3.57. The normalized spacial score (nSPS) is 22.1. The minimum absolute atomic E-state index is 0.0334. The summed E-state index contributed by atoms with van der Waals surface area (Å²) < 4.78 is 6.63. The molecule has 2 aromatic rings. The van der Waals surface area contributed by atoms with Gasteiger partial charge in [-0.25, -0.2) is 0 Å². The summed E-state index contributed by atoms with van der Waals surface area (Å²) in [4.78, 5) is 2.47. The first kappa shape index (κ1) is 21.0. The third kappa shape index (κ3) is 4.77. The summed E-state index contributed by atoms with van der Waals surface area (Å²) in [6.45, 7) is 4.29. The first-order valence-electron chi connectivity index (χ1n) is 11.0. The van der Waals surface area contributed by atoms with Crippen molar-refractivity contribution in [2.24, 2.45) is 5.92 Å². The van der Waals surface area contributed by atoms with E-state index in [4.69, 9.17) is 4.74 Å². The van der Waals surface area contributed by atoms with Crippen LogP contribution in [0.2, 0.25) is 0 Å². The molecule has 2 aromatic carbocycles. The molecule has 2 fully saturated rings. The molecule has 0 spiro atoms. The van der Waals surface area contributed by atoms with Gasteiger partial charge in [0.2, 0.25) is 0 Å². The van der Waals surface area contributed by atoms with Crippen LogP contribution in [0, 0.1) is 5.92 Å². The van der Waals surface area contributed by atoms with Crippen LogP contribution in [0.5, 0.6) is 0 Å². The Balaban J connectivity index is 1.76. The van der Waals surface area contributed by atoms with Crippen molar-refractivity contribution in [3.05, 3.63) is 70.2 Å². The Kier molecular flexibility index (Phi) is 7.07. The molecule has 0 amide bonds. The van der Waals surface area contributed by atoms with Crippen molar-refractivity contribution in [1.82, 2.24) is 4.90 Å². The van der Waals surface area contributed by atoms with E-state index >= 15 is 0 Å². The van der Waals surface area contributed by atoms with Crippen LogP contribution < -0.4 is 0 Å². The second kappa shape index (κ2) is 9.74. The number of hydrogen-bond acceptors (Lipinski definition) is 3. The number of morpholine rings is 1. The average Bonchev–Trinajstić information content (AvgIpc) is 2.79. The van der Waals surface area contributed by atoms with Crippen LogP contribution >= 0.6 is 15.9 Å². The Bertz CT molecular complexity index is 754. The lowest BCUT2D eigenvalue weighted by atomic mass is 9.65. The lowest BCUT2D eigenvalue weighted by molar-refractivity contribution is -0.0758. The van der Waals surface area contributed by atoms with Gasteiger partial charge in [-0.2, -0.15) is 0 Å². The van der Waals surface area contributed by atoms with Gasteiger partial charge in [0.1, 0.15) is 5.60 Å².